The van der Waals surface area contributed by atoms with Crippen molar-refractivity contribution in [3.63, 3.8) is 0 Å². The Balaban J connectivity index is 2.16. The number of hydrogen-bond acceptors (Lipinski definition) is 3. The van der Waals surface area contributed by atoms with E-state index in [0.29, 0.717) is 6.04 Å². The molecule has 0 amide bonds. The number of nitrogens with zero attached hydrogens (tertiary/aromatic N) is 2. The lowest BCUT2D eigenvalue weighted by Crippen LogP contribution is -2.12. The molecule has 1 N–H and O–H groups in total. The average molecular weight is 263 g/mol. The number of unbranched alkanes of at least 4 members (excludes halogenated alkanes) is 1. The van der Waals surface area contributed by atoms with Gasteiger partial charge in [0.1, 0.15) is 0 Å². The average Bonchev–Trinajstić information content (AvgIpc) is 2.98. The van der Waals surface area contributed by atoms with Crippen molar-refractivity contribution in [3.8, 4) is 0 Å². The molecule has 0 radical (unpaired) electrons. The lowest BCUT2D eigenvalue weighted by molar-refractivity contribution is 0.643. The van der Waals surface area contributed by atoms with Crippen molar-refractivity contribution in [2.45, 2.75) is 39.7 Å². The molecule has 0 saturated heterocycles. The Bertz CT molecular complexity index is 473. The van der Waals surface area contributed by atoms with E-state index in [0.717, 1.165) is 18.2 Å². The molecule has 2 heterocycles. The zero-order chi connectivity index (χ0) is 13.0. The molecule has 0 bridgehead atoms. The molecular weight excluding hydrogens is 242 g/mol. The number of hydrogen-bond donors (Lipinski definition) is 1. The van der Waals surface area contributed by atoms with Crippen molar-refractivity contribution >= 4 is 17.3 Å². The minimum atomic E-state index is 0.335. The van der Waals surface area contributed by atoms with Crippen molar-refractivity contribution < 1.29 is 0 Å². The van der Waals surface area contributed by atoms with E-state index >= 15 is 0 Å². The van der Waals surface area contributed by atoms with Crippen LogP contribution in [0.25, 0.3) is 0 Å². The number of aryl methyl sites for hydroxylation is 1. The molecule has 0 aliphatic carbocycles. The Morgan fingerprint density at radius 1 is 1.50 bits per heavy atom. The fourth-order valence-electron chi connectivity index (χ4n) is 1.99. The number of rotatable bonds is 6. The van der Waals surface area contributed by atoms with E-state index in [1.807, 2.05) is 6.92 Å². The molecule has 1 unspecified atom stereocenters. The number of anilines is 1. The Kier molecular flexibility index (Phi) is 4.42. The van der Waals surface area contributed by atoms with Crippen molar-refractivity contribution in [1.82, 2.24) is 9.55 Å². The Morgan fingerprint density at radius 2 is 2.33 bits per heavy atom. The van der Waals surface area contributed by atoms with Crippen LogP contribution in [0.2, 0.25) is 0 Å². The molecule has 0 aliphatic rings. The Morgan fingerprint density at radius 3 is 3.00 bits per heavy atom. The van der Waals surface area contributed by atoms with E-state index in [1.54, 1.807) is 11.3 Å². The monoisotopic (exact) mass is 263 g/mol. The van der Waals surface area contributed by atoms with Gasteiger partial charge in [-0.2, -0.15) is 11.3 Å². The quantitative estimate of drug-likeness (QED) is 0.796. The van der Waals surface area contributed by atoms with E-state index < -0.39 is 0 Å². The lowest BCUT2D eigenvalue weighted by Gasteiger charge is -2.16. The van der Waals surface area contributed by atoms with Crippen molar-refractivity contribution in [1.29, 1.82) is 0 Å². The van der Waals surface area contributed by atoms with E-state index in [2.05, 4.69) is 51.7 Å². The molecule has 2 aromatic rings. The minimum Gasteiger partial charge on any atom is -0.356 e. The molecule has 0 aromatic carbocycles. The van der Waals surface area contributed by atoms with Gasteiger partial charge < -0.3 is 9.88 Å². The van der Waals surface area contributed by atoms with Gasteiger partial charge in [-0.3, -0.25) is 0 Å². The molecular formula is C14H21N3S. The predicted octanol–water partition coefficient (Wildman–Crippen LogP) is 4.07. The van der Waals surface area contributed by atoms with Crippen molar-refractivity contribution in [2.24, 2.45) is 0 Å². The smallest absolute Gasteiger partial charge is 0.203 e. The normalized spacial score (nSPS) is 12.6. The highest BCUT2D eigenvalue weighted by atomic mass is 32.1. The maximum atomic E-state index is 4.57. The van der Waals surface area contributed by atoms with E-state index in [-0.39, 0.29) is 0 Å². The van der Waals surface area contributed by atoms with Gasteiger partial charge in [0.05, 0.1) is 11.7 Å². The van der Waals surface area contributed by atoms with Gasteiger partial charge in [0.25, 0.3) is 0 Å². The summed E-state index contributed by atoms with van der Waals surface area (Å²) in [6.45, 7) is 7.45. The third kappa shape index (κ3) is 2.93. The highest BCUT2D eigenvalue weighted by molar-refractivity contribution is 7.07. The molecule has 2 rings (SSSR count). The second-order valence-electron chi connectivity index (χ2n) is 4.63. The molecule has 0 fully saturated rings. The predicted molar refractivity (Wildman–Crippen MR) is 78.5 cm³/mol. The summed E-state index contributed by atoms with van der Waals surface area (Å²) >= 11 is 1.74. The summed E-state index contributed by atoms with van der Waals surface area (Å²) in [6, 6.07) is 2.52. The highest BCUT2D eigenvalue weighted by Crippen LogP contribution is 2.24. The van der Waals surface area contributed by atoms with Gasteiger partial charge in [-0.1, -0.05) is 13.3 Å². The second kappa shape index (κ2) is 6.05. The molecule has 1 atom stereocenters. The third-order valence-electron chi connectivity index (χ3n) is 3.11. The maximum absolute atomic E-state index is 4.57. The first-order chi connectivity index (χ1) is 8.72. The molecule has 18 heavy (non-hydrogen) atoms. The SMILES string of the molecule is CCCCNc1nc(C)cn1C(C)c1ccsc1. The summed E-state index contributed by atoms with van der Waals surface area (Å²) in [5.74, 6) is 0.986. The van der Waals surface area contributed by atoms with Gasteiger partial charge >= 0.3 is 0 Å². The molecule has 0 saturated carbocycles. The number of nitrogens with one attached hydrogen (secondary N) is 1. The molecule has 4 heteroatoms. The van der Waals surface area contributed by atoms with Crippen molar-refractivity contribution in [2.75, 3.05) is 11.9 Å². The maximum Gasteiger partial charge on any atom is 0.203 e. The Labute approximate surface area is 113 Å². The first kappa shape index (κ1) is 13.1. The van der Waals surface area contributed by atoms with Crippen LogP contribution in [0.15, 0.2) is 23.0 Å². The fraction of sp³-hybridized carbons (Fsp3) is 0.500. The first-order valence-corrected chi connectivity index (χ1v) is 7.48. The molecule has 98 valence electrons. The van der Waals surface area contributed by atoms with Gasteiger partial charge in [0.15, 0.2) is 0 Å². The standard InChI is InChI=1S/C14H21N3S/c1-4-5-7-15-14-16-11(2)9-17(14)12(3)13-6-8-18-10-13/h6,8-10,12H,4-5,7H2,1-3H3,(H,15,16). The zero-order valence-corrected chi connectivity index (χ0v) is 12.1. The number of aromatic nitrogens is 2. The number of imidazole rings is 1. The molecule has 3 nitrogen and oxygen atoms in total. The summed E-state index contributed by atoms with van der Waals surface area (Å²) in [5, 5.41) is 7.76. The summed E-state index contributed by atoms with van der Waals surface area (Å²) in [4.78, 5) is 4.57. The van der Waals surface area contributed by atoms with Crippen LogP contribution < -0.4 is 5.32 Å². The van der Waals surface area contributed by atoms with Crippen LogP contribution in [0.1, 0.15) is 44.0 Å². The van der Waals surface area contributed by atoms with Gasteiger partial charge in [-0.05, 0) is 42.7 Å². The molecule has 0 spiro atoms. The summed E-state index contributed by atoms with van der Waals surface area (Å²) < 4.78 is 2.23. The van der Waals surface area contributed by atoms with Crippen LogP contribution >= 0.6 is 11.3 Å². The Hall–Kier alpha value is -1.29. The minimum absolute atomic E-state index is 0.335. The van der Waals surface area contributed by atoms with Gasteiger partial charge in [0.2, 0.25) is 5.95 Å². The van der Waals surface area contributed by atoms with Crippen LogP contribution in [0, 0.1) is 6.92 Å². The third-order valence-corrected chi connectivity index (χ3v) is 3.81. The van der Waals surface area contributed by atoms with Crippen LogP contribution in [-0.4, -0.2) is 16.1 Å². The number of thiophene rings is 1. The van der Waals surface area contributed by atoms with Gasteiger partial charge in [-0.15, -0.1) is 0 Å². The largest absolute Gasteiger partial charge is 0.356 e. The van der Waals surface area contributed by atoms with Crippen molar-refractivity contribution in [3.05, 3.63) is 34.3 Å². The summed E-state index contributed by atoms with van der Waals surface area (Å²) in [7, 11) is 0. The van der Waals surface area contributed by atoms with Crippen LogP contribution in [0.3, 0.4) is 0 Å². The van der Waals surface area contributed by atoms with Crippen LogP contribution in [0.4, 0.5) is 5.95 Å². The zero-order valence-electron chi connectivity index (χ0n) is 11.3. The van der Waals surface area contributed by atoms with Gasteiger partial charge in [0, 0.05) is 12.7 Å². The summed E-state index contributed by atoms with van der Waals surface area (Å²) in [6.07, 6.45) is 4.50. The van der Waals surface area contributed by atoms with E-state index in [9.17, 15) is 0 Å². The molecule has 0 aliphatic heterocycles. The highest BCUT2D eigenvalue weighted by Gasteiger charge is 2.13. The summed E-state index contributed by atoms with van der Waals surface area (Å²) in [5.41, 5.74) is 2.41. The van der Waals surface area contributed by atoms with E-state index in [1.165, 1.54) is 18.4 Å². The van der Waals surface area contributed by atoms with Gasteiger partial charge in [-0.25, -0.2) is 4.98 Å². The van der Waals surface area contributed by atoms with Crippen LogP contribution in [0.5, 0.6) is 0 Å². The lowest BCUT2D eigenvalue weighted by atomic mass is 10.2. The molecule has 2 aromatic heterocycles. The topological polar surface area (TPSA) is 29.9 Å². The van der Waals surface area contributed by atoms with Crippen LogP contribution in [-0.2, 0) is 0 Å². The fourth-order valence-corrected chi connectivity index (χ4v) is 2.74. The van der Waals surface area contributed by atoms with E-state index in [4.69, 9.17) is 0 Å². The first-order valence-electron chi connectivity index (χ1n) is 6.53. The second-order valence-corrected chi connectivity index (χ2v) is 5.41.